The van der Waals surface area contributed by atoms with Gasteiger partial charge in [0.05, 0.1) is 0 Å². The van der Waals surface area contributed by atoms with Crippen LogP contribution in [-0.4, -0.2) is 25.2 Å². The monoisotopic (exact) mass is 258 g/mol. The van der Waals surface area contributed by atoms with Gasteiger partial charge in [-0.15, -0.1) is 0 Å². The molecule has 0 saturated heterocycles. The van der Waals surface area contributed by atoms with Gasteiger partial charge in [-0.3, -0.25) is 4.98 Å². The lowest BCUT2D eigenvalue weighted by atomic mass is 9.98. The molecule has 1 N–H and O–H groups in total. The minimum Gasteiger partial charge on any atom is -0.381 e. The van der Waals surface area contributed by atoms with E-state index >= 15 is 0 Å². The van der Waals surface area contributed by atoms with E-state index in [-0.39, 0.29) is 0 Å². The Balaban J connectivity index is 2.16. The van der Waals surface area contributed by atoms with Crippen molar-refractivity contribution >= 4 is 10.8 Å². The summed E-state index contributed by atoms with van der Waals surface area (Å²) in [5.74, 6) is 0. The molecule has 3 nitrogen and oxygen atoms in total. The van der Waals surface area contributed by atoms with Gasteiger partial charge in [0.1, 0.15) is 0 Å². The Hall–Kier alpha value is -1.45. The molecule has 2 aromatic rings. The first-order valence-electron chi connectivity index (χ1n) is 6.94. The van der Waals surface area contributed by atoms with Gasteiger partial charge in [0, 0.05) is 37.0 Å². The van der Waals surface area contributed by atoms with Crippen LogP contribution >= 0.6 is 0 Å². The van der Waals surface area contributed by atoms with Crippen molar-refractivity contribution in [2.75, 3.05) is 20.3 Å². The second-order valence-electron chi connectivity index (χ2n) is 4.69. The fourth-order valence-corrected chi connectivity index (χ4v) is 2.34. The van der Waals surface area contributed by atoms with Crippen molar-refractivity contribution in [2.24, 2.45) is 0 Å². The fourth-order valence-electron chi connectivity index (χ4n) is 2.34. The van der Waals surface area contributed by atoms with E-state index in [0.717, 1.165) is 26.1 Å². The molecule has 0 radical (unpaired) electrons. The molecular formula is C16H22N2O. The number of rotatable bonds is 7. The molecule has 2 rings (SSSR count). The first-order valence-corrected chi connectivity index (χ1v) is 6.94. The molecule has 1 unspecified atom stereocenters. The van der Waals surface area contributed by atoms with Gasteiger partial charge in [-0.2, -0.15) is 0 Å². The highest BCUT2D eigenvalue weighted by Gasteiger charge is 2.12. The van der Waals surface area contributed by atoms with Crippen molar-refractivity contribution in [2.45, 2.75) is 25.8 Å². The average molecular weight is 258 g/mol. The lowest BCUT2D eigenvalue weighted by Gasteiger charge is -2.18. The second kappa shape index (κ2) is 7.22. The van der Waals surface area contributed by atoms with Crippen LogP contribution in [0.1, 0.15) is 31.4 Å². The molecule has 102 valence electrons. The molecular weight excluding hydrogens is 236 g/mol. The van der Waals surface area contributed by atoms with Crippen LogP contribution in [0, 0.1) is 0 Å². The van der Waals surface area contributed by atoms with E-state index < -0.39 is 0 Å². The summed E-state index contributed by atoms with van der Waals surface area (Å²) in [4.78, 5) is 4.24. The number of benzene rings is 1. The Bertz CT molecular complexity index is 508. The number of nitrogens with one attached hydrogen (secondary N) is 1. The van der Waals surface area contributed by atoms with Crippen molar-refractivity contribution in [3.8, 4) is 0 Å². The van der Waals surface area contributed by atoms with Crippen LogP contribution in [0.2, 0.25) is 0 Å². The zero-order chi connectivity index (χ0) is 13.5. The van der Waals surface area contributed by atoms with E-state index in [4.69, 9.17) is 4.74 Å². The predicted octanol–water partition coefficient (Wildman–Crippen LogP) is 3.31. The van der Waals surface area contributed by atoms with Crippen molar-refractivity contribution in [1.82, 2.24) is 10.3 Å². The van der Waals surface area contributed by atoms with E-state index in [9.17, 15) is 0 Å². The van der Waals surface area contributed by atoms with Gasteiger partial charge >= 0.3 is 0 Å². The SMILES string of the molecule is CCCOCCC(NC)c1cccc2ccncc12. The molecule has 0 aliphatic rings. The lowest BCUT2D eigenvalue weighted by molar-refractivity contribution is 0.125. The summed E-state index contributed by atoms with van der Waals surface area (Å²) in [6, 6.07) is 8.77. The van der Waals surface area contributed by atoms with E-state index in [0.29, 0.717) is 6.04 Å². The highest BCUT2D eigenvalue weighted by Crippen LogP contribution is 2.25. The van der Waals surface area contributed by atoms with Crippen LogP contribution < -0.4 is 5.32 Å². The normalized spacial score (nSPS) is 12.7. The number of pyridine rings is 1. The van der Waals surface area contributed by atoms with Crippen LogP contribution in [0.3, 0.4) is 0 Å². The highest BCUT2D eigenvalue weighted by atomic mass is 16.5. The van der Waals surface area contributed by atoms with Crippen LogP contribution in [0.5, 0.6) is 0 Å². The number of nitrogens with zero attached hydrogens (tertiary/aromatic N) is 1. The maximum Gasteiger partial charge on any atom is 0.0484 e. The van der Waals surface area contributed by atoms with E-state index in [1.54, 1.807) is 0 Å². The average Bonchev–Trinajstić information content (AvgIpc) is 2.47. The first-order chi connectivity index (χ1) is 9.36. The summed E-state index contributed by atoms with van der Waals surface area (Å²) in [6.45, 7) is 3.76. The van der Waals surface area contributed by atoms with E-state index in [1.807, 2.05) is 19.4 Å². The van der Waals surface area contributed by atoms with Gasteiger partial charge in [0.15, 0.2) is 0 Å². The third kappa shape index (κ3) is 3.52. The van der Waals surface area contributed by atoms with Gasteiger partial charge in [-0.1, -0.05) is 25.1 Å². The third-order valence-corrected chi connectivity index (χ3v) is 3.34. The number of hydrogen-bond acceptors (Lipinski definition) is 3. The Morgan fingerprint density at radius 3 is 2.95 bits per heavy atom. The summed E-state index contributed by atoms with van der Waals surface area (Å²) < 4.78 is 5.59. The maximum atomic E-state index is 5.59. The van der Waals surface area contributed by atoms with Crippen molar-refractivity contribution < 1.29 is 4.74 Å². The fraction of sp³-hybridized carbons (Fsp3) is 0.438. The largest absolute Gasteiger partial charge is 0.381 e. The molecule has 19 heavy (non-hydrogen) atoms. The van der Waals surface area contributed by atoms with Crippen LogP contribution in [0.25, 0.3) is 10.8 Å². The standard InChI is InChI=1S/C16H22N2O/c1-3-10-19-11-8-16(17-2)14-6-4-5-13-7-9-18-12-15(13)14/h4-7,9,12,16-17H,3,8,10-11H2,1-2H3. The summed E-state index contributed by atoms with van der Waals surface area (Å²) in [5.41, 5.74) is 1.30. The molecule has 0 bridgehead atoms. The minimum absolute atomic E-state index is 0.310. The topological polar surface area (TPSA) is 34.1 Å². The second-order valence-corrected chi connectivity index (χ2v) is 4.69. The molecule has 1 aromatic carbocycles. The Morgan fingerprint density at radius 1 is 1.26 bits per heavy atom. The van der Waals surface area contributed by atoms with Crippen molar-refractivity contribution in [3.05, 3.63) is 42.2 Å². The summed E-state index contributed by atoms with van der Waals surface area (Å²) >= 11 is 0. The lowest BCUT2D eigenvalue weighted by Crippen LogP contribution is -2.18. The zero-order valence-corrected chi connectivity index (χ0v) is 11.7. The molecule has 0 saturated carbocycles. The van der Waals surface area contributed by atoms with Gasteiger partial charge in [0.25, 0.3) is 0 Å². The Kier molecular flexibility index (Phi) is 5.31. The van der Waals surface area contributed by atoms with Gasteiger partial charge in [-0.05, 0) is 36.9 Å². The van der Waals surface area contributed by atoms with E-state index in [1.165, 1.54) is 16.3 Å². The van der Waals surface area contributed by atoms with Crippen molar-refractivity contribution in [3.63, 3.8) is 0 Å². The van der Waals surface area contributed by atoms with Crippen molar-refractivity contribution in [1.29, 1.82) is 0 Å². The molecule has 1 aromatic heterocycles. The first kappa shape index (κ1) is 14.0. The predicted molar refractivity (Wildman–Crippen MR) is 79.3 cm³/mol. The van der Waals surface area contributed by atoms with Crippen LogP contribution in [0.15, 0.2) is 36.7 Å². The van der Waals surface area contributed by atoms with Gasteiger partial charge in [0.2, 0.25) is 0 Å². The zero-order valence-electron chi connectivity index (χ0n) is 11.7. The molecule has 0 fully saturated rings. The quantitative estimate of drug-likeness (QED) is 0.774. The summed E-state index contributed by atoms with van der Waals surface area (Å²) in [6.07, 6.45) is 5.83. The van der Waals surface area contributed by atoms with E-state index in [2.05, 4.69) is 41.5 Å². The number of fused-ring (bicyclic) bond motifs is 1. The number of aromatic nitrogens is 1. The smallest absolute Gasteiger partial charge is 0.0484 e. The molecule has 1 heterocycles. The number of hydrogen-bond donors (Lipinski definition) is 1. The molecule has 0 aliphatic carbocycles. The Morgan fingerprint density at radius 2 is 2.16 bits per heavy atom. The van der Waals surface area contributed by atoms with Gasteiger partial charge < -0.3 is 10.1 Å². The highest BCUT2D eigenvalue weighted by molar-refractivity contribution is 5.85. The maximum absolute atomic E-state index is 5.59. The number of ether oxygens (including phenoxy) is 1. The molecule has 1 atom stereocenters. The van der Waals surface area contributed by atoms with Gasteiger partial charge in [-0.25, -0.2) is 0 Å². The molecule has 0 amide bonds. The Labute approximate surface area is 115 Å². The minimum atomic E-state index is 0.310. The summed E-state index contributed by atoms with van der Waals surface area (Å²) in [7, 11) is 2.00. The molecule has 3 heteroatoms. The van der Waals surface area contributed by atoms with Crippen LogP contribution in [-0.2, 0) is 4.74 Å². The molecule has 0 aliphatic heterocycles. The molecule has 0 spiro atoms. The summed E-state index contributed by atoms with van der Waals surface area (Å²) in [5, 5.41) is 5.84. The van der Waals surface area contributed by atoms with Crippen LogP contribution in [0.4, 0.5) is 0 Å². The third-order valence-electron chi connectivity index (χ3n) is 3.34.